The van der Waals surface area contributed by atoms with Gasteiger partial charge in [-0.3, -0.25) is 14.8 Å². The number of aryl methyl sites for hydroxylation is 1. The number of nitrogens with zero attached hydrogens (tertiary/aromatic N) is 4. The summed E-state index contributed by atoms with van der Waals surface area (Å²) < 4.78 is 0. The fraction of sp³-hybridized carbons (Fsp3) is 0.476. The van der Waals surface area contributed by atoms with Crippen molar-refractivity contribution < 1.29 is 4.79 Å². The van der Waals surface area contributed by atoms with E-state index < -0.39 is 0 Å². The van der Waals surface area contributed by atoms with Gasteiger partial charge in [0.25, 0.3) is 0 Å². The van der Waals surface area contributed by atoms with Gasteiger partial charge in [0, 0.05) is 55.2 Å². The summed E-state index contributed by atoms with van der Waals surface area (Å²) in [5.74, 6) is 0.262. The number of amides is 1. The average molecular weight is 350 g/mol. The fourth-order valence-corrected chi connectivity index (χ4v) is 4.42. The molecule has 2 aliphatic heterocycles. The first kappa shape index (κ1) is 17.0. The van der Waals surface area contributed by atoms with E-state index in [4.69, 9.17) is 0 Å². The first-order valence-electron chi connectivity index (χ1n) is 9.49. The smallest absolute Gasteiger partial charge is 0.222 e. The maximum Gasteiger partial charge on any atom is 0.222 e. The number of aromatic nitrogens is 2. The van der Waals surface area contributed by atoms with Crippen LogP contribution in [0.1, 0.15) is 37.1 Å². The first-order valence-corrected chi connectivity index (χ1v) is 9.49. The molecule has 1 spiro atoms. The molecule has 5 nitrogen and oxygen atoms in total. The molecule has 0 bridgehead atoms. The molecule has 2 aromatic rings. The second-order valence-electron chi connectivity index (χ2n) is 7.75. The van der Waals surface area contributed by atoms with Crippen LogP contribution in [0.2, 0.25) is 0 Å². The minimum atomic E-state index is 0.193. The van der Waals surface area contributed by atoms with Crippen molar-refractivity contribution in [1.29, 1.82) is 0 Å². The summed E-state index contributed by atoms with van der Waals surface area (Å²) in [4.78, 5) is 25.7. The third-order valence-electron chi connectivity index (χ3n) is 5.73. The highest BCUT2D eigenvalue weighted by atomic mass is 16.2. The molecule has 0 radical (unpaired) electrons. The minimum absolute atomic E-state index is 0.193. The lowest BCUT2D eigenvalue weighted by molar-refractivity contribution is -0.138. The molecular weight excluding hydrogens is 324 g/mol. The van der Waals surface area contributed by atoms with Crippen LogP contribution in [-0.4, -0.2) is 40.4 Å². The van der Waals surface area contributed by atoms with Crippen molar-refractivity contribution in [1.82, 2.24) is 14.9 Å². The maximum atomic E-state index is 12.5. The van der Waals surface area contributed by atoms with Gasteiger partial charge >= 0.3 is 0 Å². The Kier molecular flexibility index (Phi) is 4.62. The van der Waals surface area contributed by atoms with Crippen molar-refractivity contribution >= 4 is 11.6 Å². The van der Waals surface area contributed by atoms with E-state index in [0.717, 1.165) is 37.4 Å². The Balaban J connectivity index is 1.51. The number of anilines is 1. The number of carbonyl (C=O) groups is 1. The van der Waals surface area contributed by atoms with Gasteiger partial charge in [-0.25, -0.2) is 0 Å². The van der Waals surface area contributed by atoms with Crippen molar-refractivity contribution in [3.05, 3.63) is 54.1 Å². The van der Waals surface area contributed by atoms with Crippen LogP contribution >= 0.6 is 0 Å². The monoisotopic (exact) mass is 350 g/mol. The number of carbonyl (C=O) groups excluding carboxylic acids is 1. The van der Waals surface area contributed by atoms with Crippen LogP contribution in [0, 0.1) is 12.3 Å². The van der Waals surface area contributed by atoms with E-state index in [2.05, 4.69) is 27.0 Å². The second kappa shape index (κ2) is 7.06. The highest BCUT2D eigenvalue weighted by Crippen LogP contribution is 2.40. The van der Waals surface area contributed by atoms with Gasteiger partial charge in [-0.2, -0.15) is 0 Å². The molecule has 4 heterocycles. The van der Waals surface area contributed by atoms with Crippen molar-refractivity contribution in [2.45, 2.75) is 39.2 Å². The predicted octanol–water partition coefficient (Wildman–Crippen LogP) is 3.19. The number of pyridine rings is 2. The quantitative estimate of drug-likeness (QED) is 0.853. The second-order valence-corrected chi connectivity index (χ2v) is 7.75. The molecule has 1 atom stereocenters. The molecule has 0 saturated carbocycles. The summed E-state index contributed by atoms with van der Waals surface area (Å²) in [6, 6.07) is 10.2. The Morgan fingerprint density at radius 2 is 2.04 bits per heavy atom. The van der Waals surface area contributed by atoms with Crippen LogP contribution in [0.25, 0.3) is 0 Å². The average Bonchev–Trinajstić information content (AvgIpc) is 2.66. The summed E-state index contributed by atoms with van der Waals surface area (Å²) in [5, 5.41) is 0. The number of piperidine rings is 2. The zero-order valence-corrected chi connectivity index (χ0v) is 15.4. The molecule has 1 amide bonds. The molecule has 1 unspecified atom stereocenters. The highest BCUT2D eigenvalue weighted by molar-refractivity contribution is 5.77. The summed E-state index contributed by atoms with van der Waals surface area (Å²) in [7, 11) is 0. The largest absolute Gasteiger partial charge is 0.371 e. The highest BCUT2D eigenvalue weighted by Gasteiger charge is 2.41. The van der Waals surface area contributed by atoms with Crippen LogP contribution in [0.15, 0.2) is 42.7 Å². The van der Waals surface area contributed by atoms with Crippen molar-refractivity contribution in [2.75, 3.05) is 24.5 Å². The van der Waals surface area contributed by atoms with E-state index in [1.807, 2.05) is 36.2 Å². The van der Waals surface area contributed by atoms with Crippen LogP contribution in [-0.2, 0) is 11.3 Å². The van der Waals surface area contributed by atoms with Gasteiger partial charge in [0.05, 0.1) is 12.2 Å². The van der Waals surface area contributed by atoms with Gasteiger partial charge in [0.2, 0.25) is 5.91 Å². The molecule has 0 aliphatic carbocycles. The Hall–Kier alpha value is -2.43. The van der Waals surface area contributed by atoms with Crippen molar-refractivity contribution in [2.24, 2.45) is 5.41 Å². The van der Waals surface area contributed by atoms with Crippen molar-refractivity contribution in [3.63, 3.8) is 0 Å². The van der Waals surface area contributed by atoms with Gasteiger partial charge in [-0.05, 0) is 50.5 Å². The number of hydrogen-bond donors (Lipinski definition) is 0. The van der Waals surface area contributed by atoms with Crippen LogP contribution in [0.4, 0.5) is 5.69 Å². The molecule has 5 heteroatoms. The number of rotatable bonds is 3. The lowest BCUT2D eigenvalue weighted by atomic mass is 9.73. The Morgan fingerprint density at radius 1 is 1.12 bits per heavy atom. The molecule has 26 heavy (non-hydrogen) atoms. The third-order valence-corrected chi connectivity index (χ3v) is 5.73. The molecule has 136 valence electrons. The molecule has 2 fully saturated rings. The third kappa shape index (κ3) is 3.57. The molecule has 2 saturated heterocycles. The van der Waals surface area contributed by atoms with Crippen LogP contribution in [0.5, 0.6) is 0 Å². The fourth-order valence-electron chi connectivity index (χ4n) is 4.42. The van der Waals surface area contributed by atoms with E-state index >= 15 is 0 Å². The minimum Gasteiger partial charge on any atom is -0.371 e. The standard InChI is InChI=1S/C21H26N4O/c1-17-13-19(7-11-22-17)24-12-4-8-21(15-24)9-6-20(26)25(16-21)14-18-5-2-3-10-23-18/h2-3,5,7,10-11,13H,4,6,8-9,12,14-16H2,1H3. The maximum absolute atomic E-state index is 12.5. The van der Waals surface area contributed by atoms with Crippen LogP contribution in [0.3, 0.4) is 0 Å². The molecule has 2 aliphatic rings. The first-order chi connectivity index (χ1) is 12.6. The summed E-state index contributed by atoms with van der Waals surface area (Å²) in [5.41, 5.74) is 3.47. The lowest BCUT2D eigenvalue weighted by Crippen LogP contribution is -2.53. The van der Waals surface area contributed by atoms with E-state index in [1.165, 1.54) is 18.5 Å². The van der Waals surface area contributed by atoms with Gasteiger partial charge in [-0.15, -0.1) is 0 Å². The zero-order chi connectivity index (χ0) is 18.0. The molecule has 2 aromatic heterocycles. The predicted molar refractivity (Wildman–Crippen MR) is 102 cm³/mol. The van der Waals surface area contributed by atoms with Crippen LogP contribution < -0.4 is 4.90 Å². The Bertz CT molecular complexity index is 779. The van der Waals surface area contributed by atoms with Gasteiger partial charge in [-0.1, -0.05) is 6.07 Å². The SMILES string of the molecule is Cc1cc(N2CCCC3(CCC(=O)N(Cc4ccccn4)C3)C2)ccn1. The van der Waals surface area contributed by atoms with Gasteiger partial charge < -0.3 is 9.80 Å². The topological polar surface area (TPSA) is 49.3 Å². The van der Waals surface area contributed by atoms with E-state index in [-0.39, 0.29) is 11.3 Å². The normalized spacial score (nSPS) is 23.5. The zero-order valence-electron chi connectivity index (χ0n) is 15.4. The molecule has 0 aromatic carbocycles. The Labute approximate surface area is 155 Å². The summed E-state index contributed by atoms with van der Waals surface area (Å²) in [6.45, 7) is 5.59. The molecule has 0 N–H and O–H groups in total. The lowest BCUT2D eigenvalue weighted by Gasteiger charge is -2.49. The van der Waals surface area contributed by atoms with Crippen molar-refractivity contribution in [3.8, 4) is 0 Å². The summed E-state index contributed by atoms with van der Waals surface area (Å²) in [6.07, 6.45) is 7.70. The van der Waals surface area contributed by atoms with Gasteiger partial charge in [0.15, 0.2) is 0 Å². The Morgan fingerprint density at radius 3 is 2.85 bits per heavy atom. The van der Waals surface area contributed by atoms with E-state index in [9.17, 15) is 4.79 Å². The number of hydrogen-bond acceptors (Lipinski definition) is 4. The number of likely N-dealkylation sites (tertiary alicyclic amines) is 1. The molecular formula is C21H26N4O. The van der Waals surface area contributed by atoms with Gasteiger partial charge in [0.1, 0.15) is 0 Å². The van der Waals surface area contributed by atoms with E-state index in [1.54, 1.807) is 6.20 Å². The van der Waals surface area contributed by atoms with E-state index in [0.29, 0.717) is 13.0 Å². The molecule has 4 rings (SSSR count). The summed E-state index contributed by atoms with van der Waals surface area (Å²) >= 11 is 0.